The summed E-state index contributed by atoms with van der Waals surface area (Å²) in [7, 11) is 0. The Morgan fingerprint density at radius 2 is 1.84 bits per heavy atom. The Bertz CT molecular complexity index is 892. The number of nitrogens with zero attached hydrogens (tertiary/aromatic N) is 4. The molecule has 3 aromatic rings. The maximum atomic E-state index is 12.4. The first kappa shape index (κ1) is 15.6. The number of amides is 1. The van der Waals surface area contributed by atoms with E-state index in [0.717, 1.165) is 37.1 Å². The number of hydrogen-bond acceptors (Lipinski definition) is 3. The van der Waals surface area contributed by atoms with Crippen LogP contribution in [-0.2, 0) is 4.79 Å². The van der Waals surface area contributed by atoms with Crippen LogP contribution in [-0.4, -0.2) is 38.5 Å². The number of aromatic nitrogens is 3. The minimum Gasteiger partial charge on any atom is -0.339 e. The van der Waals surface area contributed by atoms with E-state index < -0.39 is 0 Å². The number of piperidine rings is 1. The van der Waals surface area contributed by atoms with Crippen LogP contribution in [0.5, 0.6) is 0 Å². The highest BCUT2D eigenvalue weighted by Crippen LogP contribution is 2.28. The van der Waals surface area contributed by atoms with E-state index in [-0.39, 0.29) is 5.91 Å². The Balaban J connectivity index is 1.40. The van der Waals surface area contributed by atoms with Crippen molar-refractivity contribution >= 4 is 17.6 Å². The molecule has 1 aromatic carbocycles. The molecule has 0 saturated carbocycles. The third-order valence-electron chi connectivity index (χ3n) is 4.76. The molecule has 25 heavy (non-hydrogen) atoms. The second-order valence-corrected chi connectivity index (χ2v) is 6.31. The van der Waals surface area contributed by atoms with Gasteiger partial charge < -0.3 is 4.90 Å². The van der Waals surface area contributed by atoms with Crippen LogP contribution in [0.25, 0.3) is 11.7 Å². The smallest absolute Gasteiger partial charge is 0.246 e. The average molecular weight is 332 g/mol. The van der Waals surface area contributed by atoms with Crippen molar-refractivity contribution in [2.45, 2.75) is 18.8 Å². The van der Waals surface area contributed by atoms with Crippen molar-refractivity contribution in [3.05, 3.63) is 72.2 Å². The van der Waals surface area contributed by atoms with Crippen molar-refractivity contribution < 1.29 is 4.79 Å². The molecule has 3 heterocycles. The van der Waals surface area contributed by atoms with E-state index in [1.165, 1.54) is 5.69 Å². The SMILES string of the molecule is O=C(/C=C/c1ccccc1)N1CCC(c2ccnc3ccnn23)CC1. The fourth-order valence-corrected chi connectivity index (χ4v) is 3.40. The summed E-state index contributed by atoms with van der Waals surface area (Å²) < 4.78 is 1.91. The quantitative estimate of drug-likeness (QED) is 0.692. The van der Waals surface area contributed by atoms with Crippen LogP contribution in [0.3, 0.4) is 0 Å². The Morgan fingerprint density at radius 3 is 2.64 bits per heavy atom. The molecule has 1 fully saturated rings. The summed E-state index contributed by atoms with van der Waals surface area (Å²) in [5, 5.41) is 4.37. The van der Waals surface area contributed by atoms with E-state index in [1.807, 2.05) is 64.2 Å². The van der Waals surface area contributed by atoms with Gasteiger partial charge in [-0.05, 0) is 30.5 Å². The minimum atomic E-state index is 0.0845. The Morgan fingerprint density at radius 1 is 1.04 bits per heavy atom. The Labute approximate surface area is 146 Å². The molecule has 0 spiro atoms. The van der Waals surface area contributed by atoms with Gasteiger partial charge in [0.25, 0.3) is 0 Å². The van der Waals surface area contributed by atoms with Crippen molar-refractivity contribution in [3.8, 4) is 0 Å². The van der Waals surface area contributed by atoms with Gasteiger partial charge in [0, 0.05) is 43.0 Å². The van der Waals surface area contributed by atoms with Crippen molar-refractivity contribution in [1.82, 2.24) is 19.5 Å². The van der Waals surface area contributed by atoms with Gasteiger partial charge in [-0.3, -0.25) is 4.79 Å². The minimum absolute atomic E-state index is 0.0845. The van der Waals surface area contributed by atoms with E-state index in [2.05, 4.69) is 10.1 Å². The van der Waals surface area contributed by atoms with Crippen LogP contribution in [0.4, 0.5) is 0 Å². The molecule has 1 aliphatic heterocycles. The second-order valence-electron chi connectivity index (χ2n) is 6.31. The Hall–Kier alpha value is -2.95. The fraction of sp³-hybridized carbons (Fsp3) is 0.250. The van der Waals surface area contributed by atoms with Gasteiger partial charge in [0.1, 0.15) is 0 Å². The number of benzene rings is 1. The van der Waals surface area contributed by atoms with Gasteiger partial charge >= 0.3 is 0 Å². The third kappa shape index (κ3) is 3.31. The Kier molecular flexibility index (Phi) is 4.29. The first-order valence-corrected chi connectivity index (χ1v) is 8.62. The van der Waals surface area contributed by atoms with E-state index in [9.17, 15) is 4.79 Å². The normalized spacial score (nSPS) is 15.9. The molecular formula is C20H20N4O. The topological polar surface area (TPSA) is 50.5 Å². The summed E-state index contributed by atoms with van der Waals surface area (Å²) in [6, 6.07) is 13.9. The van der Waals surface area contributed by atoms with E-state index >= 15 is 0 Å². The van der Waals surface area contributed by atoms with Gasteiger partial charge in [-0.2, -0.15) is 5.10 Å². The molecule has 1 saturated heterocycles. The molecule has 0 atom stereocenters. The molecule has 0 N–H and O–H groups in total. The summed E-state index contributed by atoms with van der Waals surface area (Å²) in [4.78, 5) is 18.6. The van der Waals surface area contributed by atoms with Gasteiger partial charge in [0.05, 0.1) is 6.20 Å². The van der Waals surface area contributed by atoms with Crippen LogP contribution in [0, 0.1) is 0 Å². The molecule has 0 aliphatic carbocycles. The first-order chi connectivity index (χ1) is 12.3. The van der Waals surface area contributed by atoms with Crippen LogP contribution >= 0.6 is 0 Å². The largest absolute Gasteiger partial charge is 0.339 e. The third-order valence-corrected chi connectivity index (χ3v) is 4.76. The van der Waals surface area contributed by atoms with Gasteiger partial charge in [0.15, 0.2) is 5.65 Å². The molecule has 2 aromatic heterocycles. The van der Waals surface area contributed by atoms with Crippen molar-refractivity contribution in [2.75, 3.05) is 13.1 Å². The number of rotatable bonds is 3. The zero-order valence-electron chi connectivity index (χ0n) is 14.0. The fourth-order valence-electron chi connectivity index (χ4n) is 3.40. The van der Waals surface area contributed by atoms with Crippen LogP contribution in [0.2, 0.25) is 0 Å². The van der Waals surface area contributed by atoms with Crippen LogP contribution < -0.4 is 0 Å². The summed E-state index contributed by atoms with van der Waals surface area (Å²) in [5.74, 6) is 0.494. The maximum Gasteiger partial charge on any atom is 0.246 e. The highest BCUT2D eigenvalue weighted by Gasteiger charge is 2.24. The van der Waals surface area contributed by atoms with Crippen molar-refractivity contribution in [1.29, 1.82) is 0 Å². The van der Waals surface area contributed by atoms with Gasteiger partial charge in [-0.15, -0.1) is 0 Å². The zero-order chi connectivity index (χ0) is 17.1. The summed E-state index contributed by atoms with van der Waals surface area (Å²) >= 11 is 0. The zero-order valence-corrected chi connectivity index (χ0v) is 14.0. The molecule has 4 rings (SSSR count). The van der Waals surface area contributed by atoms with E-state index in [0.29, 0.717) is 5.92 Å². The molecular weight excluding hydrogens is 312 g/mol. The van der Waals surface area contributed by atoms with Gasteiger partial charge in [-0.25, -0.2) is 9.50 Å². The number of likely N-dealkylation sites (tertiary alicyclic amines) is 1. The van der Waals surface area contributed by atoms with Gasteiger partial charge in [0.2, 0.25) is 5.91 Å². The number of carbonyl (C=O) groups excluding carboxylic acids is 1. The lowest BCUT2D eigenvalue weighted by Crippen LogP contribution is -2.37. The lowest BCUT2D eigenvalue weighted by molar-refractivity contribution is -0.127. The van der Waals surface area contributed by atoms with E-state index in [4.69, 9.17) is 0 Å². The highest BCUT2D eigenvalue weighted by atomic mass is 16.2. The molecule has 0 radical (unpaired) electrons. The monoisotopic (exact) mass is 332 g/mol. The number of fused-ring (bicyclic) bond motifs is 1. The lowest BCUT2D eigenvalue weighted by atomic mass is 9.93. The lowest BCUT2D eigenvalue weighted by Gasteiger charge is -2.31. The predicted molar refractivity (Wildman–Crippen MR) is 97.0 cm³/mol. The molecule has 0 bridgehead atoms. The molecule has 0 unspecified atom stereocenters. The standard InChI is InChI=1S/C20H20N4O/c25-20(7-6-16-4-2-1-3-5-16)23-14-10-17(11-15-23)18-8-12-21-19-9-13-22-24(18)19/h1-9,12-13,17H,10-11,14-15H2/b7-6+. The van der Waals surface area contributed by atoms with Crippen LogP contribution in [0.1, 0.15) is 30.0 Å². The molecule has 1 aliphatic rings. The predicted octanol–water partition coefficient (Wildman–Crippen LogP) is 3.15. The van der Waals surface area contributed by atoms with Crippen LogP contribution in [0.15, 0.2) is 60.9 Å². The molecule has 1 amide bonds. The molecule has 126 valence electrons. The molecule has 5 nitrogen and oxygen atoms in total. The van der Waals surface area contributed by atoms with E-state index in [1.54, 1.807) is 12.3 Å². The summed E-state index contributed by atoms with van der Waals surface area (Å²) in [5.41, 5.74) is 3.10. The van der Waals surface area contributed by atoms with Crippen molar-refractivity contribution in [2.24, 2.45) is 0 Å². The average Bonchev–Trinajstić information content (AvgIpc) is 3.16. The van der Waals surface area contributed by atoms with Crippen molar-refractivity contribution in [3.63, 3.8) is 0 Å². The summed E-state index contributed by atoms with van der Waals surface area (Å²) in [6.07, 6.45) is 9.07. The maximum absolute atomic E-state index is 12.4. The number of carbonyl (C=O) groups is 1. The molecule has 5 heteroatoms. The van der Waals surface area contributed by atoms with Gasteiger partial charge in [-0.1, -0.05) is 30.3 Å². The number of hydrogen-bond donors (Lipinski definition) is 0. The first-order valence-electron chi connectivity index (χ1n) is 8.62. The second kappa shape index (κ2) is 6.89. The summed E-state index contributed by atoms with van der Waals surface area (Å²) in [6.45, 7) is 1.54. The highest BCUT2D eigenvalue weighted by molar-refractivity contribution is 5.91.